The van der Waals surface area contributed by atoms with Gasteiger partial charge in [-0.2, -0.15) is 0 Å². The van der Waals surface area contributed by atoms with Crippen LogP contribution in [0.5, 0.6) is 0 Å². The van der Waals surface area contributed by atoms with Crippen LogP contribution in [0.25, 0.3) is 0 Å². The summed E-state index contributed by atoms with van der Waals surface area (Å²) in [6.07, 6.45) is 1.90. The van der Waals surface area contributed by atoms with E-state index in [-0.39, 0.29) is 11.9 Å². The predicted molar refractivity (Wildman–Crippen MR) is 81.1 cm³/mol. The van der Waals surface area contributed by atoms with Gasteiger partial charge in [0.2, 0.25) is 15.9 Å². The average Bonchev–Trinajstić information content (AvgIpc) is 2.38. The molecule has 0 fully saturated rings. The minimum absolute atomic E-state index is 0.0159. The van der Waals surface area contributed by atoms with Crippen LogP contribution in [0.3, 0.4) is 0 Å². The van der Waals surface area contributed by atoms with Crippen molar-refractivity contribution in [3.05, 3.63) is 30.3 Å². The van der Waals surface area contributed by atoms with Gasteiger partial charge in [-0.05, 0) is 32.4 Å². The van der Waals surface area contributed by atoms with E-state index in [1.165, 1.54) is 0 Å². The van der Waals surface area contributed by atoms with Crippen molar-refractivity contribution in [2.75, 3.05) is 10.6 Å². The Labute approximate surface area is 121 Å². The van der Waals surface area contributed by atoms with Crippen LogP contribution < -0.4 is 9.62 Å². The van der Waals surface area contributed by atoms with E-state index < -0.39 is 16.1 Å². The molecule has 1 aromatic carbocycles. The van der Waals surface area contributed by atoms with Gasteiger partial charge in [-0.15, -0.1) is 0 Å². The summed E-state index contributed by atoms with van der Waals surface area (Å²) in [6.45, 7) is 5.44. The number of sulfonamides is 1. The van der Waals surface area contributed by atoms with Gasteiger partial charge in [-0.3, -0.25) is 9.10 Å². The molecule has 0 bridgehead atoms. The predicted octanol–water partition coefficient (Wildman–Crippen LogP) is 1.76. The lowest BCUT2D eigenvalue weighted by Gasteiger charge is -2.29. The second-order valence-electron chi connectivity index (χ2n) is 4.89. The molecule has 0 unspecified atom stereocenters. The Morgan fingerprint density at radius 3 is 2.25 bits per heavy atom. The van der Waals surface area contributed by atoms with Crippen LogP contribution in [0.15, 0.2) is 30.3 Å². The van der Waals surface area contributed by atoms with Crippen LogP contribution in [-0.2, 0) is 14.8 Å². The fourth-order valence-corrected chi connectivity index (χ4v) is 3.02. The largest absolute Gasteiger partial charge is 0.352 e. The Bertz CT molecular complexity index is 543. The molecule has 0 aliphatic carbocycles. The molecule has 0 radical (unpaired) electrons. The van der Waals surface area contributed by atoms with E-state index in [4.69, 9.17) is 0 Å². The van der Waals surface area contributed by atoms with Gasteiger partial charge in [-0.1, -0.05) is 25.1 Å². The fraction of sp³-hybridized carbons (Fsp3) is 0.500. The number of amides is 1. The summed E-state index contributed by atoms with van der Waals surface area (Å²) < 4.78 is 25.1. The summed E-state index contributed by atoms with van der Waals surface area (Å²) in [5, 5.41) is 2.81. The first-order chi connectivity index (χ1) is 9.27. The van der Waals surface area contributed by atoms with Crippen LogP contribution in [-0.4, -0.2) is 32.7 Å². The normalized spacial score (nSPS) is 14.4. The summed E-state index contributed by atoms with van der Waals surface area (Å²) in [6, 6.07) is 7.86. The number of rotatable bonds is 6. The Morgan fingerprint density at radius 1 is 1.25 bits per heavy atom. The van der Waals surface area contributed by atoms with Crippen LogP contribution in [0.4, 0.5) is 5.69 Å². The zero-order valence-electron chi connectivity index (χ0n) is 12.3. The number of nitrogens with zero attached hydrogens (tertiary/aromatic N) is 1. The molecule has 1 N–H and O–H groups in total. The molecule has 0 aromatic heterocycles. The Balaban J connectivity index is 3.05. The third-order valence-electron chi connectivity index (χ3n) is 3.10. The van der Waals surface area contributed by atoms with Gasteiger partial charge in [-0.25, -0.2) is 8.42 Å². The lowest BCUT2D eigenvalue weighted by Crippen LogP contribution is -2.49. The molecule has 112 valence electrons. The standard InChI is InChI=1S/C14H22N2O3S/c1-5-11(2)15-14(17)12(3)16(20(4,18)19)13-9-7-6-8-10-13/h6-12H,5H2,1-4H3,(H,15,17)/t11-,12+/m0/s1. The topological polar surface area (TPSA) is 66.5 Å². The van der Waals surface area contributed by atoms with Gasteiger partial charge in [0.25, 0.3) is 0 Å². The van der Waals surface area contributed by atoms with Crippen molar-refractivity contribution >= 4 is 21.6 Å². The van der Waals surface area contributed by atoms with Crippen molar-refractivity contribution in [1.29, 1.82) is 0 Å². The number of benzene rings is 1. The van der Waals surface area contributed by atoms with Gasteiger partial charge in [0.1, 0.15) is 6.04 Å². The average molecular weight is 298 g/mol. The van der Waals surface area contributed by atoms with Gasteiger partial charge < -0.3 is 5.32 Å². The molecule has 0 saturated heterocycles. The van der Waals surface area contributed by atoms with E-state index in [2.05, 4.69) is 5.32 Å². The van der Waals surface area contributed by atoms with E-state index >= 15 is 0 Å². The Kier molecular flexibility index (Phi) is 5.56. The van der Waals surface area contributed by atoms with Crippen LogP contribution in [0.1, 0.15) is 27.2 Å². The first-order valence-electron chi connectivity index (χ1n) is 6.62. The van der Waals surface area contributed by atoms with Crippen LogP contribution in [0.2, 0.25) is 0 Å². The van der Waals surface area contributed by atoms with Gasteiger partial charge >= 0.3 is 0 Å². The molecule has 0 aliphatic heterocycles. The van der Waals surface area contributed by atoms with Crippen LogP contribution in [0, 0.1) is 0 Å². The summed E-state index contributed by atoms with van der Waals surface area (Å²) in [5.74, 6) is -0.298. The van der Waals surface area contributed by atoms with E-state index in [1.807, 2.05) is 13.8 Å². The molecule has 1 rings (SSSR count). The molecule has 1 amide bonds. The number of carbonyl (C=O) groups is 1. The van der Waals surface area contributed by atoms with Crippen molar-refractivity contribution in [1.82, 2.24) is 5.32 Å². The Morgan fingerprint density at radius 2 is 1.80 bits per heavy atom. The highest BCUT2D eigenvalue weighted by Crippen LogP contribution is 2.20. The smallest absolute Gasteiger partial charge is 0.243 e. The fourth-order valence-electron chi connectivity index (χ4n) is 1.85. The van der Waals surface area contributed by atoms with Crippen molar-refractivity contribution in [3.8, 4) is 0 Å². The molecule has 20 heavy (non-hydrogen) atoms. The zero-order chi connectivity index (χ0) is 15.3. The van der Waals surface area contributed by atoms with E-state index in [1.54, 1.807) is 37.3 Å². The highest BCUT2D eigenvalue weighted by atomic mass is 32.2. The molecule has 0 saturated carbocycles. The number of hydrogen-bond donors (Lipinski definition) is 1. The summed E-state index contributed by atoms with van der Waals surface area (Å²) >= 11 is 0. The maximum absolute atomic E-state index is 12.2. The van der Waals surface area contributed by atoms with Crippen molar-refractivity contribution < 1.29 is 13.2 Å². The van der Waals surface area contributed by atoms with E-state index in [0.29, 0.717) is 5.69 Å². The number of anilines is 1. The summed E-state index contributed by atoms with van der Waals surface area (Å²) in [5.41, 5.74) is 0.488. The molecule has 2 atom stereocenters. The number of hydrogen-bond acceptors (Lipinski definition) is 3. The highest BCUT2D eigenvalue weighted by molar-refractivity contribution is 7.92. The minimum atomic E-state index is -3.53. The van der Waals surface area contributed by atoms with Crippen molar-refractivity contribution in [2.45, 2.75) is 39.3 Å². The molecule has 0 heterocycles. The summed E-state index contributed by atoms with van der Waals surface area (Å²) in [7, 11) is -3.53. The van der Waals surface area contributed by atoms with Crippen molar-refractivity contribution in [3.63, 3.8) is 0 Å². The van der Waals surface area contributed by atoms with Crippen LogP contribution >= 0.6 is 0 Å². The lowest BCUT2D eigenvalue weighted by molar-refractivity contribution is -0.122. The number of carbonyl (C=O) groups excluding carboxylic acids is 1. The zero-order valence-corrected chi connectivity index (χ0v) is 13.1. The third-order valence-corrected chi connectivity index (χ3v) is 4.34. The molecule has 0 spiro atoms. The molecule has 5 nitrogen and oxygen atoms in total. The first-order valence-corrected chi connectivity index (χ1v) is 8.47. The summed E-state index contributed by atoms with van der Waals surface area (Å²) in [4.78, 5) is 12.2. The van der Waals surface area contributed by atoms with E-state index in [9.17, 15) is 13.2 Å². The van der Waals surface area contributed by atoms with Gasteiger partial charge in [0, 0.05) is 6.04 Å². The first kappa shape index (κ1) is 16.5. The molecule has 0 aliphatic rings. The maximum Gasteiger partial charge on any atom is 0.243 e. The lowest BCUT2D eigenvalue weighted by atomic mass is 10.2. The van der Waals surface area contributed by atoms with Crippen molar-refractivity contribution in [2.24, 2.45) is 0 Å². The number of nitrogens with one attached hydrogen (secondary N) is 1. The van der Waals surface area contributed by atoms with Gasteiger partial charge in [0.15, 0.2) is 0 Å². The minimum Gasteiger partial charge on any atom is -0.352 e. The van der Waals surface area contributed by atoms with Gasteiger partial charge in [0.05, 0.1) is 11.9 Å². The molecular formula is C14H22N2O3S. The molecular weight excluding hydrogens is 276 g/mol. The number of para-hydroxylation sites is 1. The molecule has 1 aromatic rings. The molecule has 6 heteroatoms. The highest BCUT2D eigenvalue weighted by Gasteiger charge is 2.29. The second kappa shape index (κ2) is 6.74. The SMILES string of the molecule is CC[C@H](C)NC(=O)[C@@H](C)N(c1ccccc1)S(C)(=O)=O. The third kappa shape index (κ3) is 4.23. The quantitative estimate of drug-likeness (QED) is 0.870. The Hall–Kier alpha value is -1.56. The maximum atomic E-state index is 12.2. The van der Waals surface area contributed by atoms with E-state index in [0.717, 1.165) is 17.0 Å². The second-order valence-corrected chi connectivity index (χ2v) is 6.75. The monoisotopic (exact) mass is 298 g/mol.